The Morgan fingerprint density at radius 3 is 2.82 bits per heavy atom. The van der Waals surface area contributed by atoms with Gasteiger partial charge in [0.2, 0.25) is 0 Å². The van der Waals surface area contributed by atoms with Crippen molar-refractivity contribution < 1.29 is 13.2 Å². The molecule has 0 amide bonds. The molecule has 0 aromatic carbocycles. The average Bonchev–Trinajstić information content (AvgIpc) is 3.19. The molecule has 7 nitrogen and oxygen atoms in total. The van der Waals surface area contributed by atoms with E-state index in [1.54, 1.807) is 6.20 Å². The third-order valence-electron chi connectivity index (χ3n) is 4.33. The Labute approximate surface area is 131 Å². The zero-order valence-corrected chi connectivity index (χ0v) is 13.8. The van der Waals surface area contributed by atoms with Crippen LogP contribution in [0.5, 0.6) is 0 Å². The lowest BCUT2D eigenvalue weighted by Gasteiger charge is -2.32. The maximum absolute atomic E-state index is 12.5. The number of aryl methyl sites for hydroxylation is 1. The first kappa shape index (κ1) is 15.9. The summed E-state index contributed by atoms with van der Waals surface area (Å²) in [6, 6.07) is -0.228. The van der Waals surface area contributed by atoms with Crippen LogP contribution in [0.2, 0.25) is 0 Å². The minimum atomic E-state index is -3.42. The van der Waals surface area contributed by atoms with Gasteiger partial charge in [-0.1, -0.05) is 0 Å². The molecule has 124 valence electrons. The molecule has 2 aliphatic rings. The molecule has 0 spiro atoms. The summed E-state index contributed by atoms with van der Waals surface area (Å²) in [6.45, 7) is 4.69. The topological polar surface area (TPSA) is 76.5 Å². The number of rotatable bonds is 5. The van der Waals surface area contributed by atoms with E-state index in [4.69, 9.17) is 4.74 Å². The molecule has 22 heavy (non-hydrogen) atoms. The zero-order chi connectivity index (χ0) is 15.6. The highest BCUT2D eigenvalue weighted by molar-refractivity contribution is 7.87. The van der Waals surface area contributed by atoms with E-state index in [0.29, 0.717) is 19.7 Å². The lowest BCUT2D eigenvalue weighted by molar-refractivity contribution is -0.00483. The molecule has 2 atom stereocenters. The molecule has 0 bridgehead atoms. The van der Waals surface area contributed by atoms with E-state index in [-0.39, 0.29) is 12.1 Å². The van der Waals surface area contributed by atoms with E-state index in [1.807, 2.05) is 17.8 Å². The largest absolute Gasteiger partial charge is 0.372 e. The van der Waals surface area contributed by atoms with Gasteiger partial charge in [0.1, 0.15) is 6.10 Å². The van der Waals surface area contributed by atoms with Gasteiger partial charge in [-0.15, -0.1) is 0 Å². The van der Waals surface area contributed by atoms with E-state index >= 15 is 0 Å². The molecular weight excluding hydrogens is 304 g/mol. The van der Waals surface area contributed by atoms with E-state index in [9.17, 15) is 8.42 Å². The van der Waals surface area contributed by atoms with E-state index in [2.05, 4.69) is 9.82 Å². The third-order valence-corrected chi connectivity index (χ3v) is 5.98. The second-order valence-electron chi connectivity index (χ2n) is 5.90. The first-order valence-corrected chi connectivity index (χ1v) is 9.45. The molecule has 3 rings (SSSR count). The summed E-state index contributed by atoms with van der Waals surface area (Å²) in [6.07, 6.45) is 6.99. The van der Waals surface area contributed by atoms with Crippen molar-refractivity contribution in [3.63, 3.8) is 0 Å². The fraction of sp³-hybridized carbons (Fsp3) is 0.786. The van der Waals surface area contributed by atoms with Gasteiger partial charge in [-0.05, 0) is 32.6 Å². The van der Waals surface area contributed by atoms with Crippen molar-refractivity contribution in [1.82, 2.24) is 18.8 Å². The van der Waals surface area contributed by atoms with Crippen LogP contribution >= 0.6 is 0 Å². The lowest BCUT2D eigenvalue weighted by atomic mass is 9.99. The first-order valence-electron chi connectivity index (χ1n) is 8.01. The summed E-state index contributed by atoms with van der Waals surface area (Å²) < 4.78 is 37.0. The van der Waals surface area contributed by atoms with Crippen molar-refractivity contribution in [2.75, 3.05) is 19.7 Å². The molecule has 1 aromatic rings. The molecule has 2 aliphatic heterocycles. The van der Waals surface area contributed by atoms with Crippen LogP contribution < -0.4 is 4.72 Å². The van der Waals surface area contributed by atoms with Gasteiger partial charge in [-0.25, -0.2) is 0 Å². The highest BCUT2D eigenvalue weighted by Crippen LogP contribution is 2.29. The Morgan fingerprint density at radius 1 is 1.36 bits per heavy atom. The van der Waals surface area contributed by atoms with Gasteiger partial charge in [-0.3, -0.25) is 4.68 Å². The molecule has 0 radical (unpaired) electrons. The molecule has 0 saturated carbocycles. The summed E-state index contributed by atoms with van der Waals surface area (Å²) in [5.41, 5.74) is 0.940. The van der Waals surface area contributed by atoms with Crippen LogP contribution in [0.15, 0.2) is 12.4 Å². The highest BCUT2D eigenvalue weighted by Gasteiger charge is 2.34. The van der Waals surface area contributed by atoms with Crippen LogP contribution in [0.1, 0.15) is 44.3 Å². The Hall–Kier alpha value is -0.960. The van der Waals surface area contributed by atoms with Crippen molar-refractivity contribution in [3.05, 3.63) is 18.0 Å². The van der Waals surface area contributed by atoms with Crippen LogP contribution in [0.4, 0.5) is 0 Å². The molecule has 2 saturated heterocycles. The summed E-state index contributed by atoms with van der Waals surface area (Å²) >= 11 is 0. The average molecular weight is 328 g/mol. The van der Waals surface area contributed by atoms with Gasteiger partial charge >= 0.3 is 0 Å². The number of nitrogens with one attached hydrogen (secondary N) is 1. The smallest absolute Gasteiger partial charge is 0.279 e. The number of hydrogen-bond acceptors (Lipinski definition) is 4. The molecule has 0 unspecified atom stereocenters. The van der Waals surface area contributed by atoms with Gasteiger partial charge in [0, 0.05) is 38.0 Å². The molecule has 3 heterocycles. The molecule has 0 aliphatic carbocycles. The second kappa shape index (κ2) is 6.66. The summed E-state index contributed by atoms with van der Waals surface area (Å²) in [4.78, 5) is 0. The molecule has 8 heteroatoms. The maximum atomic E-state index is 12.5. The minimum absolute atomic E-state index is 0.228. The quantitative estimate of drug-likeness (QED) is 0.877. The Bertz CT molecular complexity index is 595. The van der Waals surface area contributed by atoms with Crippen molar-refractivity contribution in [1.29, 1.82) is 0 Å². The van der Waals surface area contributed by atoms with Crippen molar-refractivity contribution in [2.24, 2.45) is 0 Å². The summed E-state index contributed by atoms with van der Waals surface area (Å²) in [7, 11) is -3.42. The molecule has 1 N–H and O–H groups in total. The van der Waals surface area contributed by atoms with Gasteiger partial charge < -0.3 is 4.74 Å². The molecule has 2 fully saturated rings. The fourth-order valence-corrected chi connectivity index (χ4v) is 4.64. The predicted octanol–water partition coefficient (Wildman–Crippen LogP) is 1.05. The monoisotopic (exact) mass is 328 g/mol. The first-order chi connectivity index (χ1) is 10.6. The fourth-order valence-electron chi connectivity index (χ4n) is 3.12. The number of hydrogen-bond donors (Lipinski definition) is 1. The standard InChI is InChI=1S/C14H24N4O3S/c1-2-17-11-12(10-15-17)14-13(6-5-9-21-14)16-22(19,20)18-7-3-4-8-18/h10-11,13-14,16H,2-9H2,1H3/t13-,14+/m0/s1. The van der Waals surface area contributed by atoms with E-state index in [0.717, 1.165) is 37.8 Å². The van der Waals surface area contributed by atoms with Crippen LogP contribution in [0, 0.1) is 0 Å². The van der Waals surface area contributed by atoms with Crippen molar-refractivity contribution >= 4 is 10.2 Å². The number of ether oxygens (including phenoxy) is 1. The van der Waals surface area contributed by atoms with Crippen LogP contribution in [0.3, 0.4) is 0 Å². The SMILES string of the molecule is CCn1cc([C@H]2OCCC[C@@H]2NS(=O)(=O)N2CCCC2)cn1. The van der Waals surface area contributed by atoms with Crippen molar-refractivity contribution in [3.8, 4) is 0 Å². The van der Waals surface area contributed by atoms with Gasteiger partial charge in [0.05, 0.1) is 12.2 Å². The van der Waals surface area contributed by atoms with Gasteiger partial charge in [0.15, 0.2) is 0 Å². The lowest BCUT2D eigenvalue weighted by Crippen LogP contribution is -2.48. The van der Waals surface area contributed by atoms with Crippen LogP contribution in [0.25, 0.3) is 0 Å². The Kier molecular flexibility index (Phi) is 4.82. The summed E-state index contributed by atoms with van der Waals surface area (Å²) in [5, 5.41) is 4.27. The Morgan fingerprint density at radius 2 is 2.14 bits per heavy atom. The van der Waals surface area contributed by atoms with Crippen LogP contribution in [-0.4, -0.2) is 48.2 Å². The number of aromatic nitrogens is 2. The summed E-state index contributed by atoms with van der Waals surface area (Å²) in [5.74, 6) is 0. The van der Waals surface area contributed by atoms with E-state index < -0.39 is 10.2 Å². The highest BCUT2D eigenvalue weighted by atomic mass is 32.2. The normalized spacial score (nSPS) is 27.3. The van der Waals surface area contributed by atoms with Crippen molar-refractivity contribution in [2.45, 2.75) is 51.3 Å². The maximum Gasteiger partial charge on any atom is 0.279 e. The Balaban J connectivity index is 1.74. The molecule has 1 aromatic heterocycles. The van der Waals surface area contributed by atoms with Gasteiger partial charge in [-0.2, -0.15) is 22.5 Å². The minimum Gasteiger partial charge on any atom is -0.372 e. The zero-order valence-electron chi connectivity index (χ0n) is 12.9. The van der Waals surface area contributed by atoms with Crippen LogP contribution in [-0.2, 0) is 21.5 Å². The third kappa shape index (κ3) is 3.34. The predicted molar refractivity (Wildman–Crippen MR) is 82.5 cm³/mol. The van der Waals surface area contributed by atoms with E-state index in [1.165, 1.54) is 4.31 Å². The number of nitrogens with zero attached hydrogens (tertiary/aromatic N) is 3. The van der Waals surface area contributed by atoms with Gasteiger partial charge in [0.25, 0.3) is 10.2 Å². The molecular formula is C14H24N4O3S. The second-order valence-corrected chi connectivity index (χ2v) is 7.60.